The van der Waals surface area contributed by atoms with Crippen LogP contribution in [0, 0.1) is 12.7 Å². The normalized spacial score (nSPS) is 11.8. The first-order valence-corrected chi connectivity index (χ1v) is 8.71. The van der Waals surface area contributed by atoms with Crippen LogP contribution in [-0.4, -0.2) is 30.4 Å². The van der Waals surface area contributed by atoms with Gasteiger partial charge in [0, 0.05) is 0 Å². The molecule has 0 heterocycles. The zero-order chi connectivity index (χ0) is 19.7. The van der Waals surface area contributed by atoms with Gasteiger partial charge in [-0.05, 0) is 36.8 Å². The smallest absolute Gasteiger partial charge is 0.294 e. The molecule has 26 heavy (non-hydrogen) atoms. The molecule has 140 valence electrons. The van der Waals surface area contributed by atoms with Crippen molar-refractivity contribution in [3.63, 3.8) is 0 Å². The Balaban J connectivity index is 0.000000273. The molecule has 0 aliphatic rings. The van der Waals surface area contributed by atoms with Gasteiger partial charge in [0.1, 0.15) is 5.82 Å². The summed E-state index contributed by atoms with van der Waals surface area (Å²) >= 11 is 5.53. The first kappa shape index (κ1) is 21.5. The average molecular weight is 403 g/mol. The quantitative estimate of drug-likeness (QED) is 0.269. The van der Waals surface area contributed by atoms with Gasteiger partial charge in [-0.2, -0.15) is 13.5 Å². The van der Waals surface area contributed by atoms with Crippen LogP contribution >= 0.6 is 11.6 Å². The maximum atomic E-state index is 12.7. The fraction of sp³-hybridized carbons (Fsp3) is 0.0667. The molecule has 11 heteroatoms. The Hall–Kier alpha value is -2.53. The molecular formula is C15H16ClFN4O4S. The van der Waals surface area contributed by atoms with Crippen molar-refractivity contribution in [2.75, 3.05) is 0 Å². The monoisotopic (exact) mass is 402 g/mol. The fourth-order valence-corrected chi connectivity index (χ4v) is 2.15. The molecule has 0 unspecified atom stereocenters. The van der Waals surface area contributed by atoms with E-state index in [4.69, 9.17) is 27.1 Å². The second-order valence-corrected chi connectivity index (χ2v) is 6.63. The zero-order valence-electron chi connectivity index (χ0n) is 13.5. The molecule has 0 atom stereocenters. The van der Waals surface area contributed by atoms with Crippen LogP contribution in [0.2, 0.25) is 5.02 Å². The number of nitrogens with one attached hydrogen (secondary N) is 1. The first-order valence-electron chi connectivity index (χ1n) is 6.89. The van der Waals surface area contributed by atoms with Crippen LogP contribution in [0.25, 0.3) is 0 Å². The van der Waals surface area contributed by atoms with Crippen LogP contribution in [0.3, 0.4) is 0 Å². The summed E-state index contributed by atoms with van der Waals surface area (Å²) in [5.74, 6) is -0.756. The van der Waals surface area contributed by atoms with Crippen molar-refractivity contribution >= 4 is 33.9 Å². The van der Waals surface area contributed by atoms with Crippen molar-refractivity contribution in [1.82, 2.24) is 5.48 Å². The van der Waals surface area contributed by atoms with E-state index in [2.05, 4.69) is 10.2 Å². The SMILES string of the molecule is Cc1ccc(S(=O)(=O)O)cc1.N/C(=N\N=C\c1ccc(F)c(Cl)c1)NO. The average Bonchev–Trinajstić information content (AvgIpc) is 2.58. The highest BCUT2D eigenvalue weighted by atomic mass is 35.5. The van der Waals surface area contributed by atoms with E-state index >= 15 is 0 Å². The number of rotatable bonds is 3. The molecule has 0 radical (unpaired) electrons. The Morgan fingerprint density at radius 3 is 2.38 bits per heavy atom. The van der Waals surface area contributed by atoms with Crippen molar-refractivity contribution in [1.29, 1.82) is 0 Å². The number of aryl methyl sites for hydroxylation is 1. The molecule has 0 aliphatic heterocycles. The topological polar surface area (TPSA) is 137 Å². The van der Waals surface area contributed by atoms with Gasteiger partial charge in [0.15, 0.2) is 0 Å². The van der Waals surface area contributed by atoms with Gasteiger partial charge < -0.3 is 5.73 Å². The van der Waals surface area contributed by atoms with E-state index in [9.17, 15) is 12.8 Å². The third-order valence-electron chi connectivity index (χ3n) is 2.75. The molecule has 5 N–H and O–H groups in total. The number of guanidine groups is 1. The van der Waals surface area contributed by atoms with E-state index in [1.54, 1.807) is 17.6 Å². The van der Waals surface area contributed by atoms with Crippen LogP contribution in [0.15, 0.2) is 57.6 Å². The number of hydroxylamine groups is 1. The molecule has 8 nitrogen and oxygen atoms in total. The summed E-state index contributed by atoms with van der Waals surface area (Å²) in [6, 6.07) is 10.1. The Bertz CT molecular complexity index is 902. The minimum atomic E-state index is -4.02. The van der Waals surface area contributed by atoms with E-state index in [1.807, 2.05) is 6.92 Å². The highest BCUT2D eigenvalue weighted by Crippen LogP contribution is 2.14. The van der Waals surface area contributed by atoms with Gasteiger partial charge in [0.2, 0.25) is 5.96 Å². The molecule has 0 spiro atoms. The lowest BCUT2D eigenvalue weighted by molar-refractivity contribution is 0.232. The number of nitrogens with two attached hydrogens (primary N) is 1. The maximum absolute atomic E-state index is 12.7. The summed E-state index contributed by atoms with van der Waals surface area (Å²) < 4.78 is 42.3. The summed E-state index contributed by atoms with van der Waals surface area (Å²) in [7, 11) is -4.02. The summed E-state index contributed by atoms with van der Waals surface area (Å²) in [5, 5.41) is 15.1. The fourth-order valence-electron chi connectivity index (χ4n) is 1.48. The van der Waals surface area contributed by atoms with Crippen LogP contribution in [0.1, 0.15) is 11.1 Å². The highest BCUT2D eigenvalue weighted by molar-refractivity contribution is 7.85. The van der Waals surface area contributed by atoms with E-state index in [0.29, 0.717) is 5.56 Å². The minimum Gasteiger partial charge on any atom is -0.367 e. The molecule has 0 amide bonds. The van der Waals surface area contributed by atoms with Crippen LogP contribution in [-0.2, 0) is 10.1 Å². The van der Waals surface area contributed by atoms with Gasteiger partial charge >= 0.3 is 0 Å². The molecule has 0 fully saturated rings. The zero-order valence-corrected chi connectivity index (χ0v) is 15.0. The number of hydrogen-bond donors (Lipinski definition) is 4. The number of halogens is 2. The third kappa shape index (κ3) is 7.57. The molecule has 0 aliphatic carbocycles. The third-order valence-corrected chi connectivity index (χ3v) is 3.91. The standard InChI is InChI=1S/C8H8ClFN4O.C7H8O3S/c9-6-3-5(1-2-7(6)10)4-12-13-8(11)14-15;1-6-2-4-7(5-3-6)11(8,9)10/h1-4,15H,(H3,11,13,14);2-5H,1H3,(H,8,9,10)/b12-4+;. The lowest BCUT2D eigenvalue weighted by Gasteiger charge is -1.95. The second-order valence-electron chi connectivity index (χ2n) is 4.80. The van der Waals surface area contributed by atoms with Gasteiger partial charge in [0.25, 0.3) is 10.1 Å². The van der Waals surface area contributed by atoms with E-state index in [-0.39, 0.29) is 15.9 Å². The van der Waals surface area contributed by atoms with Crippen LogP contribution in [0.5, 0.6) is 0 Å². The Morgan fingerprint density at radius 2 is 1.88 bits per heavy atom. The summed E-state index contributed by atoms with van der Waals surface area (Å²) in [5.41, 5.74) is 8.20. The first-order chi connectivity index (χ1) is 12.1. The van der Waals surface area contributed by atoms with Gasteiger partial charge in [0.05, 0.1) is 16.1 Å². The molecule has 0 aromatic heterocycles. The second kappa shape index (κ2) is 9.82. The number of nitrogens with zero attached hydrogens (tertiary/aromatic N) is 2. The van der Waals surface area contributed by atoms with Gasteiger partial charge in [-0.1, -0.05) is 35.4 Å². The van der Waals surface area contributed by atoms with Crippen molar-refractivity contribution in [3.8, 4) is 0 Å². The molecule has 0 saturated carbocycles. The summed E-state index contributed by atoms with van der Waals surface area (Å²) in [4.78, 5) is -0.0666. The molecule has 0 bridgehead atoms. The Morgan fingerprint density at radius 1 is 1.27 bits per heavy atom. The Kier molecular flexibility index (Phi) is 8.13. The number of benzene rings is 2. The Labute approximate surface area is 154 Å². The van der Waals surface area contributed by atoms with E-state index < -0.39 is 15.9 Å². The molecule has 2 rings (SSSR count). The van der Waals surface area contributed by atoms with Gasteiger partial charge in [-0.25, -0.2) is 9.87 Å². The molecular weight excluding hydrogens is 387 g/mol. The molecule has 2 aromatic rings. The van der Waals surface area contributed by atoms with Crippen LogP contribution in [0.4, 0.5) is 4.39 Å². The predicted octanol–water partition coefficient (Wildman–Crippen LogP) is 2.35. The molecule has 2 aromatic carbocycles. The molecule has 0 saturated heterocycles. The summed E-state index contributed by atoms with van der Waals surface area (Å²) in [6.07, 6.45) is 1.32. The largest absolute Gasteiger partial charge is 0.367 e. The van der Waals surface area contributed by atoms with Crippen molar-refractivity contribution in [2.24, 2.45) is 15.9 Å². The maximum Gasteiger partial charge on any atom is 0.294 e. The van der Waals surface area contributed by atoms with Crippen molar-refractivity contribution < 1.29 is 22.6 Å². The van der Waals surface area contributed by atoms with Crippen molar-refractivity contribution in [3.05, 3.63) is 64.4 Å². The van der Waals surface area contributed by atoms with Crippen LogP contribution < -0.4 is 11.2 Å². The van der Waals surface area contributed by atoms with Crippen molar-refractivity contribution in [2.45, 2.75) is 11.8 Å². The minimum absolute atomic E-state index is 0.00353. The number of hydrogen-bond acceptors (Lipinski definition) is 5. The van der Waals surface area contributed by atoms with E-state index in [1.165, 1.54) is 36.5 Å². The van der Waals surface area contributed by atoms with Gasteiger partial charge in [-0.3, -0.25) is 9.76 Å². The van der Waals surface area contributed by atoms with Gasteiger partial charge in [-0.15, -0.1) is 5.10 Å². The lowest BCUT2D eigenvalue weighted by atomic mass is 10.2. The van der Waals surface area contributed by atoms with E-state index in [0.717, 1.165) is 5.56 Å². The summed E-state index contributed by atoms with van der Waals surface area (Å²) in [6.45, 7) is 1.84. The lowest BCUT2D eigenvalue weighted by Crippen LogP contribution is -2.27. The highest BCUT2D eigenvalue weighted by Gasteiger charge is 2.06. The predicted molar refractivity (Wildman–Crippen MR) is 96.5 cm³/mol.